The molecule has 124 valence electrons. The van der Waals surface area contributed by atoms with E-state index in [1.807, 2.05) is 60.0 Å². The summed E-state index contributed by atoms with van der Waals surface area (Å²) in [5, 5.41) is 2.93. The van der Waals surface area contributed by atoms with Gasteiger partial charge in [-0.2, -0.15) is 0 Å². The lowest BCUT2D eigenvalue weighted by Crippen LogP contribution is -2.21. The number of hydrogen-bond acceptors (Lipinski definition) is 3. The minimum Gasteiger partial charge on any atom is -0.372 e. The number of pyridine rings is 1. The number of hydrogen-bond donors (Lipinski definition) is 1. The summed E-state index contributed by atoms with van der Waals surface area (Å²) in [6.07, 6.45) is 1.91. The second-order valence-corrected chi connectivity index (χ2v) is 5.64. The quantitative estimate of drug-likeness (QED) is 0.778. The predicted octanol–water partition coefficient (Wildman–Crippen LogP) is 3.74. The predicted molar refractivity (Wildman–Crippen MR) is 97.9 cm³/mol. The number of aromatic nitrogens is 2. The van der Waals surface area contributed by atoms with E-state index in [-0.39, 0.29) is 5.91 Å². The molecule has 0 saturated carbocycles. The van der Waals surface area contributed by atoms with Crippen LogP contribution in [0.15, 0.2) is 48.7 Å². The van der Waals surface area contributed by atoms with Crippen LogP contribution in [0.2, 0.25) is 0 Å². The van der Waals surface area contributed by atoms with Crippen molar-refractivity contribution in [2.45, 2.75) is 20.8 Å². The molecule has 0 aliphatic rings. The summed E-state index contributed by atoms with van der Waals surface area (Å²) in [6, 6.07) is 13.6. The number of benzene rings is 1. The van der Waals surface area contributed by atoms with E-state index in [2.05, 4.69) is 29.0 Å². The van der Waals surface area contributed by atoms with Crippen molar-refractivity contribution in [1.82, 2.24) is 9.38 Å². The van der Waals surface area contributed by atoms with E-state index in [9.17, 15) is 4.79 Å². The molecule has 5 nitrogen and oxygen atoms in total. The van der Waals surface area contributed by atoms with E-state index in [1.165, 1.54) is 0 Å². The molecule has 0 bridgehead atoms. The number of amides is 1. The maximum atomic E-state index is 12.6. The van der Waals surface area contributed by atoms with Gasteiger partial charge in [0.15, 0.2) is 5.69 Å². The van der Waals surface area contributed by atoms with Gasteiger partial charge in [-0.25, -0.2) is 4.98 Å². The monoisotopic (exact) mass is 322 g/mol. The first kappa shape index (κ1) is 16.1. The summed E-state index contributed by atoms with van der Waals surface area (Å²) in [5.74, 6) is 0.607. The Hall–Kier alpha value is -2.82. The van der Waals surface area contributed by atoms with E-state index in [0.29, 0.717) is 5.69 Å². The van der Waals surface area contributed by atoms with Crippen LogP contribution in [0, 0.1) is 6.92 Å². The minimum absolute atomic E-state index is 0.192. The first-order valence-corrected chi connectivity index (χ1v) is 8.24. The molecular formula is C19H22N4O. The van der Waals surface area contributed by atoms with E-state index in [1.54, 1.807) is 0 Å². The van der Waals surface area contributed by atoms with Gasteiger partial charge in [-0.15, -0.1) is 0 Å². The summed E-state index contributed by atoms with van der Waals surface area (Å²) in [5.41, 5.74) is 3.18. The van der Waals surface area contributed by atoms with Crippen LogP contribution in [0.25, 0.3) is 5.52 Å². The fourth-order valence-corrected chi connectivity index (χ4v) is 2.89. The summed E-state index contributed by atoms with van der Waals surface area (Å²) in [7, 11) is 0. The average molecular weight is 322 g/mol. The molecule has 24 heavy (non-hydrogen) atoms. The Balaban J connectivity index is 1.81. The number of aryl methyl sites for hydroxylation is 1. The third kappa shape index (κ3) is 2.97. The minimum atomic E-state index is -0.192. The van der Waals surface area contributed by atoms with Gasteiger partial charge in [0.25, 0.3) is 5.91 Å². The highest BCUT2D eigenvalue weighted by atomic mass is 16.1. The number of rotatable bonds is 5. The van der Waals surface area contributed by atoms with Gasteiger partial charge < -0.3 is 14.6 Å². The molecule has 0 aliphatic carbocycles. The molecule has 0 atom stereocenters. The molecular weight excluding hydrogens is 300 g/mol. The third-order valence-corrected chi connectivity index (χ3v) is 4.19. The highest BCUT2D eigenvalue weighted by molar-refractivity contribution is 6.07. The molecule has 2 aromatic heterocycles. The van der Waals surface area contributed by atoms with Crippen LogP contribution in [-0.4, -0.2) is 28.4 Å². The standard InChI is InChI=1S/C19H22N4O/c1-4-22(5-2)16-11-9-15(10-12-16)21-19(24)18-17-8-6-7-13-23(17)14(3)20-18/h6-13H,4-5H2,1-3H3,(H,21,24). The molecule has 1 N–H and O–H groups in total. The number of carbonyl (C=O) groups is 1. The van der Waals surface area contributed by atoms with Crippen LogP contribution in [0.3, 0.4) is 0 Å². The summed E-state index contributed by atoms with van der Waals surface area (Å²) in [6.45, 7) is 8.07. The SMILES string of the molecule is CCN(CC)c1ccc(NC(=O)c2nc(C)n3ccccc23)cc1. The van der Waals surface area contributed by atoms with Crippen LogP contribution < -0.4 is 10.2 Å². The van der Waals surface area contributed by atoms with Crippen molar-refractivity contribution >= 4 is 22.8 Å². The highest BCUT2D eigenvalue weighted by Gasteiger charge is 2.15. The smallest absolute Gasteiger partial charge is 0.276 e. The van der Waals surface area contributed by atoms with Crippen molar-refractivity contribution in [3.63, 3.8) is 0 Å². The fraction of sp³-hybridized carbons (Fsp3) is 0.263. The Bertz CT molecular complexity index is 847. The lowest BCUT2D eigenvalue weighted by molar-refractivity contribution is 0.102. The van der Waals surface area contributed by atoms with Crippen LogP contribution in [-0.2, 0) is 0 Å². The average Bonchev–Trinajstić information content (AvgIpc) is 2.95. The number of nitrogens with one attached hydrogen (secondary N) is 1. The maximum Gasteiger partial charge on any atom is 0.276 e. The van der Waals surface area contributed by atoms with Crippen LogP contribution >= 0.6 is 0 Å². The second-order valence-electron chi connectivity index (χ2n) is 5.64. The number of nitrogens with zero attached hydrogens (tertiary/aromatic N) is 3. The van der Waals surface area contributed by atoms with Gasteiger partial charge in [-0.05, 0) is 57.2 Å². The Morgan fingerprint density at radius 1 is 1.12 bits per heavy atom. The van der Waals surface area contributed by atoms with Crippen molar-refractivity contribution < 1.29 is 4.79 Å². The van der Waals surface area contributed by atoms with Crippen molar-refractivity contribution in [1.29, 1.82) is 0 Å². The highest BCUT2D eigenvalue weighted by Crippen LogP contribution is 2.19. The van der Waals surface area contributed by atoms with E-state index < -0.39 is 0 Å². The van der Waals surface area contributed by atoms with Crippen molar-refractivity contribution in [3.05, 3.63) is 60.2 Å². The number of carbonyl (C=O) groups excluding carboxylic acids is 1. The Morgan fingerprint density at radius 2 is 1.83 bits per heavy atom. The van der Waals surface area contributed by atoms with Crippen LogP contribution in [0.4, 0.5) is 11.4 Å². The topological polar surface area (TPSA) is 49.6 Å². The van der Waals surface area contributed by atoms with Gasteiger partial charge in [0.1, 0.15) is 5.82 Å². The molecule has 1 amide bonds. The maximum absolute atomic E-state index is 12.6. The first-order valence-electron chi connectivity index (χ1n) is 8.24. The molecule has 0 radical (unpaired) electrons. The Labute approximate surface area is 141 Å². The van der Waals surface area contributed by atoms with Gasteiger partial charge in [0, 0.05) is 30.7 Å². The molecule has 0 fully saturated rings. The summed E-state index contributed by atoms with van der Waals surface area (Å²) in [4.78, 5) is 19.2. The Morgan fingerprint density at radius 3 is 2.50 bits per heavy atom. The molecule has 0 aliphatic heterocycles. The van der Waals surface area contributed by atoms with E-state index in [0.717, 1.165) is 35.8 Å². The van der Waals surface area contributed by atoms with Crippen molar-refractivity contribution in [3.8, 4) is 0 Å². The van der Waals surface area contributed by atoms with Gasteiger partial charge in [-0.3, -0.25) is 4.79 Å². The molecule has 3 rings (SSSR count). The summed E-state index contributed by atoms with van der Waals surface area (Å²) < 4.78 is 1.92. The lowest BCUT2D eigenvalue weighted by Gasteiger charge is -2.21. The van der Waals surface area contributed by atoms with Gasteiger partial charge >= 0.3 is 0 Å². The molecule has 0 spiro atoms. The molecule has 1 aromatic carbocycles. The van der Waals surface area contributed by atoms with Gasteiger partial charge in [-0.1, -0.05) is 6.07 Å². The second kappa shape index (κ2) is 6.74. The van der Waals surface area contributed by atoms with Crippen molar-refractivity contribution in [2.24, 2.45) is 0 Å². The van der Waals surface area contributed by atoms with Crippen molar-refractivity contribution in [2.75, 3.05) is 23.3 Å². The van der Waals surface area contributed by atoms with E-state index in [4.69, 9.17) is 0 Å². The van der Waals surface area contributed by atoms with Crippen LogP contribution in [0.1, 0.15) is 30.2 Å². The first-order chi connectivity index (χ1) is 11.6. The van der Waals surface area contributed by atoms with Crippen LogP contribution in [0.5, 0.6) is 0 Å². The lowest BCUT2D eigenvalue weighted by atomic mass is 10.2. The number of imidazole rings is 1. The molecule has 0 saturated heterocycles. The molecule has 3 aromatic rings. The zero-order valence-electron chi connectivity index (χ0n) is 14.3. The van der Waals surface area contributed by atoms with Gasteiger partial charge in [0.05, 0.1) is 5.52 Å². The van der Waals surface area contributed by atoms with E-state index >= 15 is 0 Å². The largest absolute Gasteiger partial charge is 0.372 e. The number of fused-ring (bicyclic) bond motifs is 1. The Kier molecular flexibility index (Phi) is 4.51. The fourth-order valence-electron chi connectivity index (χ4n) is 2.89. The number of anilines is 2. The molecule has 0 unspecified atom stereocenters. The zero-order valence-corrected chi connectivity index (χ0v) is 14.3. The normalized spacial score (nSPS) is 10.8. The summed E-state index contributed by atoms with van der Waals surface area (Å²) >= 11 is 0. The molecule has 2 heterocycles. The third-order valence-electron chi connectivity index (χ3n) is 4.19. The zero-order chi connectivity index (χ0) is 17.1. The molecule has 5 heteroatoms. The van der Waals surface area contributed by atoms with Gasteiger partial charge in [0.2, 0.25) is 0 Å².